The molecule has 1 N–H and O–H groups in total. The van der Waals surface area contributed by atoms with E-state index in [1.807, 2.05) is 0 Å². The highest BCUT2D eigenvalue weighted by Crippen LogP contribution is 2.25. The number of hydrogen-bond donors (Lipinski definition) is 1. The van der Waals surface area contributed by atoms with Crippen molar-refractivity contribution in [1.82, 2.24) is 15.1 Å². The number of carbonyl (C=O) groups excluding carboxylic acids is 4. The van der Waals surface area contributed by atoms with Crippen LogP contribution in [-0.4, -0.2) is 78.2 Å². The lowest BCUT2D eigenvalue weighted by atomic mass is 9.99. The first-order valence-corrected chi connectivity index (χ1v) is 9.54. The van der Waals surface area contributed by atoms with Crippen molar-refractivity contribution in [2.45, 2.75) is 32.0 Å². The van der Waals surface area contributed by atoms with E-state index in [9.17, 15) is 23.6 Å². The van der Waals surface area contributed by atoms with Crippen LogP contribution in [0.25, 0.3) is 0 Å². The molecule has 11 heteroatoms. The van der Waals surface area contributed by atoms with Crippen molar-refractivity contribution in [1.29, 1.82) is 0 Å². The molecule has 1 atom stereocenters. The van der Waals surface area contributed by atoms with Gasteiger partial charge in [-0.2, -0.15) is 0 Å². The Labute approximate surface area is 178 Å². The molecule has 0 aromatic heterocycles. The van der Waals surface area contributed by atoms with Gasteiger partial charge in [0.25, 0.3) is 17.6 Å². The van der Waals surface area contributed by atoms with E-state index in [1.165, 1.54) is 25.1 Å². The lowest BCUT2D eigenvalue weighted by molar-refractivity contribution is -0.148. The number of rotatable bonds is 4. The summed E-state index contributed by atoms with van der Waals surface area (Å²) >= 11 is 0. The smallest absolute Gasteiger partial charge is 0.410 e. The number of hydrogen-bond acceptors (Lipinski definition) is 7. The molecule has 2 heterocycles. The first kappa shape index (κ1) is 22.3. The van der Waals surface area contributed by atoms with Gasteiger partial charge in [-0.15, -0.1) is 0 Å². The molecule has 1 aromatic carbocycles. The van der Waals surface area contributed by atoms with E-state index in [0.29, 0.717) is 5.56 Å². The van der Waals surface area contributed by atoms with Gasteiger partial charge in [0.2, 0.25) is 0 Å². The molecular formula is C20H23FN4O6. The Bertz CT molecular complexity index is 974. The molecule has 1 saturated heterocycles. The van der Waals surface area contributed by atoms with E-state index < -0.39 is 41.2 Å². The lowest BCUT2D eigenvalue weighted by Gasteiger charge is -2.41. The highest BCUT2D eigenvalue weighted by molar-refractivity contribution is 6.46. The van der Waals surface area contributed by atoms with E-state index in [0.717, 1.165) is 17.0 Å². The fraction of sp³-hybridized carbons (Fsp3) is 0.450. The van der Waals surface area contributed by atoms with Gasteiger partial charge in [-0.05, 0) is 19.9 Å². The molecular weight excluding hydrogens is 411 g/mol. The Kier molecular flexibility index (Phi) is 6.07. The minimum atomic E-state index is -1.56. The molecule has 3 rings (SSSR count). The molecule has 0 bridgehead atoms. The van der Waals surface area contributed by atoms with Gasteiger partial charge < -0.3 is 19.7 Å². The quantitative estimate of drug-likeness (QED) is 0.544. The van der Waals surface area contributed by atoms with Gasteiger partial charge in [-0.3, -0.25) is 19.3 Å². The first-order chi connectivity index (χ1) is 14.5. The number of amides is 3. The van der Waals surface area contributed by atoms with Crippen LogP contribution in [0.2, 0.25) is 0 Å². The first-order valence-electron chi connectivity index (χ1n) is 9.54. The van der Waals surface area contributed by atoms with Crippen molar-refractivity contribution in [3.63, 3.8) is 0 Å². The second-order valence-electron chi connectivity index (χ2n) is 7.77. The van der Waals surface area contributed by atoms with Crippen LogP contribution in [0.1, 0.15) is 19.4 Å². The fourth-order valence-corrected chi connectivity index (χ4v) is 3.15. The molecule has 1 unspecified atom stereocenters. The van der Waals surface area contributed by atoms with Crippen LogP contribution in [-0.2, 0) is 25.7 Å². The Morgan fingerprint density at radius 2 is 2.06 bits per heavy atom. The molecule has 1 fully saturated rings. The number of ether oxygens (including phenoxy) is 2. The Morgan fingerprint density at radius 1 is 1.35 bits per heavy atom. The third kappa shape index (κ3) is 4.55. The monoisotopic (exact) mass is 434 g/mol. The molecule has 0 aliphatic carbocycles. The SMILES string of the molecule is CN(C)C(=O)Oc1cc(F)ccc1CNC(=O)C1N=C2N(CCOC2(C)C)C(=O)C1=O. The number of ketones is 1. The number of amidine groups is 1. The molecule has 166 valence electrons. The second kappa shape index (κ2) is 8.42. The summed E-state index contributed by atoms with van der Waals surface area (Å²) < 4.78 is 24.3. The second-order valence-corrected chi connectivity index (χ2v) is 7.77. The van der Waals surface area contributed by atoms with Gasteiger partial charge in [0.05, 0.1) is 13.2 Å². The Hall–Kier alpha value is -3.34. The summed E-state index contributed by atoms with van der Waals surface area (Å²) in [5.41, 5.74) is -0.632. The lowest BCUT2D eigenvalue weighted by Crippen LogP contribution is -2.62. The van der Waals surface area contributed by atoms with Crippen LogP contribution in [0.5, 0.6) is 5.75 Å². The van der Waals surface area contributed by atoms with Gasteiger partial charge in [0, 0.05) is 32.3 Å². The molecule has 0 saturated carbocycles. The maximum Gasteiger partial charge on any atom is 0.414 e. The number of nitrogens with one attached hydrogen (secondary N) is 1. The summed E-state index contributed by atoms with van der Waals surface area (Å²) in [6.45, 7) is 3.64. The fourth-order valence-electron chi connectivity index (χ4n) is 3.15. The van der Waals surface area contributed by atoms with E-state index in [1.54, 1.807) is 13.8 Å². The number of nitrogens with zero attached hydrogens (tertiary/aromatic N) is 3. The van der Waals surface area contributed by atoms with Crippen LogP contribution in [0.4, 0.5) is 9.18 Å². The number of Topliss-reactive ketones (excluding diaryl/α,β-unsaturated/α-hetero) is 1. The third-order valence-electron chi connectivity index (χ3n) is 4.82. The topological polar surface area (TPSA) is 118 Å². The highest BCUT2D eigenvalue weighted by atomic mass is 19.1. The van der Waals surface area contributed by atoms with E-state index >= 15 is 0 Å². The van der Waals surface area contributed by atoms with Crippen LogP contribution in [0.15, 0.2) is 23.2 Å². The maximum absolute atomic E-state index is 13.6. The largest absolute Gasteiger partial charge is 0.414 e. The summed E-state index contributed by atoms with van der Waals surface area (Å²) in [7, 11) is 2.93. The third-order valence-corrected chi connectivity index (χ3v) is 4.82. The molecule has 0 spiro atoms. The van der Waals surface area contributed by atoms with Crippen LogP contribution in [0.3, 0.4) is 0 Å². The predicted octanol–water partition coefficient (Wildman–Crippen LogP) is 0.489. The maximum atomic E-state index is 13.6. The van der Waals surface area contributed by atoms with Gasteiger partial charge >= 0.3 is 6.09 Å². The van der Waals surface area contributed by atoms with Crippen molar-refractivity contribution in [3.05, 3.63) is 29.6 Å². The molecule has 2 aliphatic rings. The van der Waals surface area contributed by atoms with Crippen molar-refractivity contribution >= 4 is 29.5 Å². The molecule has 1 aromatic rings. The number of carbonyl (C=O) groups is 4. The zero-order valence-corrected chi connectivity index (χ0v) is 17.6. The summed E-state index contributed by atoms with van der Waals surface area (Å²) in [4.78, 5) is 56.0. The van der Waals surface area contributed by atoms with E-state index in [2.05, 4.69) is 10.3 Å². The zero-order chi connectivity index (χ0) is 22.9. The van der Waals surface area contributed by atoms with E-state index in [-0.39, 0.29) is 31.3 Å². The van der Waals surface area contributed by atoms with Crippen LogP contribution >= 0.6 is 0 Å². The number of benzene rings is 1. The van der Waals surface area contributed by atoms with E-state index in [4.69, 9.17) is 9.47 Å². The molecule has 31 heavy (non-hydrogen) atoms. The summed E-state index contributed by atoms with van der Waals surface area (Å²) in [5.74, 6) is -3.06. The number of fused-ring (bicyclic) bond motifs is 1. The van der Waals surface area contributed by atoms with Crippen LogP contribution < -0.4 is 10.1 Å². The summed E-state index contributed by atoms with van der Waals surface area (Å²) in [6, 6.07) is 1.93. The minimum Gasteiger partial charge on any atom is -0.410 e. The average molecular weight is 434 g/mol. The van der Waals surface area contributed by atoms with Gasteiger partial charge in [-0.25, -0.2) is 14.2 Å². The predicted molar refractivity (Wildman–Crippen MR) is 106 cm³/mol. The Balaban J connectivity index is 1.79. The molecule has 10 nitrogen and oxygen atoms in total. The Morgan fingerprint density at radius 3 is 2.74 bits per heavy atom. The van der Waals surface area contributed by atoms with Crippen molar-refractivity contribution in [3.8, 4) is 5.75 Å². The average Bonchev–Trinajstić information content (AvgIpc) is 2.69. The highest BCUT2D eigenvalue weighted by Gasteiger charge is 2.47. The summed E-state index contributed by atoms with van der Waals surface area (Å²) in [5, 5.41) is 2.50. The van der Waals surface area contributed by atoms with Crippen molar-refractivity contribution in [2.75, 3.05) is 27.2 Å². The van der Waals surface area contributed by atoms with Gasteiger partial charge in [-0.1, -0.05) is 6.07 Å². The number of halogens is 1. The minimum absolute atomic E-state index is 0.0793. The summed E-state index contributed by atoms with van der Waals surface area (Å²) in [6.07, 6.45) is -0.725. The zero-order valence-electron chi connectivity index (χ0n) is 17.6. The molecule has 3 amide bonds. The normalized spacial score (nSPS) is 20.0. The molecule has 0 radical (unpaired) electrons. The van der Waals surface area contributed by atoms with Crippen LogP contribution in [0, 0.1) is 5.82 Å². The standard InChI is InChI=1S/C20H23FN4O6/c1-20(2)18-23-14(15(26)17(28)25(18)7-8-30-20)16(27)22-10-11-5-6-12(21)9-13(11)31-19(29)24(3)4/h5-6,9,14H,7-8,10H2,1-4H3,(H,22,27). The van der Waals surface area contributed by atoms with Gasteiger partial charge in [0.1, 0.15) is 23.0 Å². The van der Waals surface area contributed by atoms with Crippen molar-refractivity contribution in [2.24, 2.45) is 4.99 Å². The number of morpholine rings is 1. The van der Waals surface area contributed by atoms with Crippen molar-refractivity contribution < 1.29 is 33.0 Å². The van der Waals surface area contributed by atoms with Gasteiger partial charge in [0.15, 0.2) is 6.04 Å². The molecule has 2 aliphatic heterocycles. The number of aliphatic imine (C=N–C) groups is 1.